The third-order valence-electron chi connectivity index (χ3n) is 3.00. The van der Waals surface area contributed by atoms with Crippen LogP contribution in [0.5, 0.6) is 5.75 Å². The molecule has 0 aliphatic carbocycles. The van der Waals surface area contributed by atoms with Gasteiger partial charge >= 0.3 is 0 Å². The Morgan fingerprint density at radius 2 is 1.75 bits per heavy atom. The van der Waals surface area contributed by atoms with Crippen LogP contribution in [-0.4, -0.2) is 16.0 Å². The van der Waals surface area contributed by atoms with E-state index in [0.717, 1.165) is 17.2 Å². The number of hydrogen-bond acceptors (Lipinski definition) is 3. The second-order valence-electron chi connectivity index (χ2n) is 4.78. The molecule has 0 saturated carbocycles. The highest BCUT2D eigenvalue weighted by Crippen LogP contribution is 2.21. The summed E-state index contributed by atoms with van der Waals surface area (Å²) in [6.45, 7) is 3.74. The summed E-state index contributed by atoms with van der Waals surface area (Å²) in [5.74, 6) is -0.626. The monoisotopic (exact) mass is 268 g/mol. The van der Waals surface area contributed by atoms with Gasteiger partial charge in [0, 0.05) is 11.6 Å². The van der Waals surface area contributed by atoms with E-state index in [9.17, 15) is 15.0 Å². The number of aliphatic hydroxyl groups excluding tert-OH is 1. The quantitative estimate of drug-likeness (QED) is 0.506. The molecule has 2 rings (SSSR count). The summed E-state index contributed by atoms with van der Waals surface area (Å²) in [4.78, 5) is 12.1. The van der Waals surface area contributed by atoms with E-state index in [1.165, 1.54) is 6.07 Å². The van der Waals surface area contributed by atoms with Crippen LogP contribution in [0.3, 0.4) is 0 Å². The molecule has 0 unspecified atom stereocenters. The fraction of sp³-hybridized carbons (Fsp3) is 0.118. The van der Waals surface area contributed by atoms with Crippen LogP contribution in [0.2, 0.25) is 0 Å². The maximum Gasteiger partial charge on any atom is 0.193 e. The van der Waals surface area contributed by atoms with Gasteiger partial charge in [-0.15, -0.1) is 0 Å². The largest absolute Gasteiger partial charge is 0.507 e. The van der Waals surface area contributed by atoms with Crippen LogP contribution < -0.4 is 0 Å². The fourth-order valence-electron chi connectivity index (χ4n) is 1.94. The van der Waals surface area contributed by atoms with Crippen LogP contribution in [0.1, 0.15) is 27.0 Å². The molecule has 0 radical (unpaired) electrons. The summed E-state index contributed by atoms with van der Waals surface area (Å²) in [7, 11) is 0. The maximum absolute atomic E-state index is 12.1. The first-order valence-corrected chi connectivity index (χ1v) is 6.29. The van der Waals surface area contributed by atoms with E-state index in [1.54, 1.807) is 24.3 Å². The third-order valence-corrected chi connectivity index (χ3v) is 3.00. The van der Waals surface area contributed by atoms with Crippen molar-refractivity contribution in [2.45, 2.75) is 13.8 Å². The maximum atomic E-state index is 12.1. The molecule has 0 spiro atoms. The van der Waals surface area contributed by atoms with Crippen molar-refractivity contribution < 1.29 is 15.0 Å². The number of carbonyl (C=O) groups excluding carboxylic acids is 1. The number of carbonyl (C=O) groups is 1. The molecular weight excluding hydrogens is 252 g/mol. The lowest BCUT2D eigenvalue weighted by molar-refractivity contribution is 0.104. The highest BCUT2D eigenvalue weighted by atomic mass is 16.3. The summed E-state index contributed by atoms with van der Waals surface area (Å²) < 4.78 is 0. The van der Waals surface area contributed by atoms with Crippen molar-refractivity contribution in [1.82, 2.24) is 0 Å². The second-order valence-corrected chi connectivity index (χ2v) is 4.78. The zero-order valence-electron chi connectivity index (χ0n) is 11.4. The molecule has 2 aromatic rings. The molecule has 20 heavy (non-hydrogen) atoms. The van der Waals surface area contributed by atoms with Crippen LogP contribution in [-0.2, 0) is 0 Å². The smallest absolute Gasteiger partial charge is 0.193 e. The highest BCUT2D eigenvalue weighted by Gasteiger charge is 2.11. The first kappa shape index (κ1) is 13.9. The molecule has 0 aliphatic heterocycles. The van der Waals surface area contributed by atoms with E-state index in [0.29, 0.717) is 5.56 Å². The van der Waals surface area contributed by atoms with Crippen molar-refractivity contribution in [3.63, 3.8) is 0 Å². The topological polar surface area (TPSA) is 57.5 Å². The summed E-state index contributed by atoms with van der Waals surface area (Å²) in [6, 6.07) is 12.0. The Morgan fingerprint density at radius 3 is 2.45 bits per heavy atom. The van der Waals surface area contributed by atoms with Crippen LogP contribution in [0.4, 0.5) is 0 Å². The molecule has 2 N–H and O–H groups in total. The number of allylic oxidation sites excluding steroid dienone is 1. The lowest BCUT2D eigenvalue weighted by Crippen LogP contribution is -1.98. The van der Waals surface area contributed by atoms with Crippen LogP contribution in [0.15, 0.2) is 48.5 Å². The zero-order valence-corrected chi connectivity index (χ0v) is 11.4. The average Bonchev–Trinajstić information content (AvgIpc) is 2.41. The molecule has 0 aromatic heterocycles. The van der Waals surface area contributed by atoms with Gasteiger partial charge in [-0.3, -0.25) is 4.79 Å². The molecule has 0 fully saturated rings. The predicted octanol–water partition coefficient (Wildman–Crippen LogP) is 3.79. The van der Waals surface area contributed by atoms with Gasteiger partial charge in [0.15, 0.2) is 5.78 Å². The molecule has 2 aromatic carbocycles. The number of aryl methyl sites for hydroxylation is 2. The van der Waals surface area contributed by atoms with Gasteiger partial charge in [0.25, 0.3) is 0 Å². The molecule has 0 aliphatic rings. The number of phenols is 1. The van der Waals surface area contributed by atoms with E-state index in [2.05, 4.69) is 0 Å². The van der Waals surface area contributed by atoms with Crippen molar-refractivity contribution in [2.75, 3.05) is 0 Å². The Bertz CT molecular complexity index is 684. The lowest BCUT2D eigenvalue weighted by Gasteiger charge is -2.04. The van der Waals surface area contributed by atoms with E-state index in [-0.39, 0.29) is 17.1 Å². The lowest BCUT2D eigenvalue weighted by atomic mass is 10.0. The predicted molar refractivity (Wildman–Crippen MR) is 79.0 cm³/mol. The normalized spacial score (nSPS) is 11.4. The van der Waals surface area contributed by atoms with Gasteiger partial charge in [0.05, 0.1) is 5.56 Å². The Hall–Kier alpha value is -2.55. The fourth-order valence-corrected chi connectivity index (χ4v) is 1.94. The van der Waals surface area contributed by atoms with Crippen molar-refractivity contribution in [3.8, 4) is 5.75 Å². The van der Waals surface area contributed by atoms with Crippen molar-refractivity contribution in [3.05, 3.63) is 70.8 Å². The van der Waals surface area contributed by atoms with E-state index < -0.39 is 5.78 Å². The molecule has 3 heteroatoms. The van der Waals surface area contributed by atoms with Crippen molar-refractivity contribution in [1.29, 1.82) is 0 Å². The van der Waals surface area contributed by atoms with Gasteiger partial charge < -0.3 is 10.2 Å². The minimum Gasteiger partial charge on any atom is -0.507 e. The minimum absolute atomic E-state index is 0.0890. The van der Waals surface area contributed by atoms with Gasteiger partial charge in [0.1, 0.15) is 11.5 Å². The van der Waals surface area contributed by atoms with Gasteiger partial charge in [-0.2, -0.15) is 0 Å². The number of ketones is 1. The Labute approximate surface area is 117 Å². The standard InChI is InChI=1S/C17H16O3/c1-11-4-3-5-13(8-11)16(19)10-17(20)14-9-12(2)6-7-15(14)18/h3-10,18-19H,1-2H3/b16-10-. The van der Waals surface area contributed by atoms with Gasteiger partial charge in [-0.05, 0) is 32.0 Å². The summed E-state index contributed by atoms with van der Waals surface area (Å²) >= 11 is 0. The number of aromatic hydroxyl groups is 1. The second kappa shape index (κ2) is 5.61. The van der Waals surface area contributed by atoms with Gasteiger partial charge in [-0.1, -0.05) is 35.4 Å². The molecular formula is C17H16O3. The number of phenolic OH excluding ortho intramolecular Hbond substituents is 1. The molecule has 3 nitrogen and oxygen atoms in total. The summed E-state index contributed by atoms with van der Waals surface area (Å²) in [5.41, 5.74) is 2.62. The van der Waals surface area contributed by atoms with Gasteiger partial charge in [0.2, 0.25) is 0 Å². The molecule has 102 valence electrons. The summed E-state index contributed by atoms with van der Waals surface area (Å²) in [6.07, 6.45) is 1.13. The molecule has 0 amide bonds. The number of hydrogen-bond donors (Lipinski definition) is 2. The highest BCUT2D eigenvalue weighted by molar-refractivity contribution is 6.09. The molecule has 0 heterocycles. The SMILES string of the molecule is Cc1cccc(/C(O)=C/C(=O)c2cc(C)ccc2O)c1. The zero-order chi connectivity index (χ0) is 14.7. The Balaban J connectivity index is 2.34. The number of benzene rings is 2. The Morgan fingerprint density at radius 1 is 1.05 bits per heavy atom. The first-order valence-electron chi connectivity index (χ1n) is 6.29. The number of aliphatic hydroxyl groups is 1. The summed E-state index contributed by atoms with van der Waals surface area (Å²) in [5, 5.41) is 19.7. The number of rotatable bonds is 3. The van der Waals surface area contributed by atoms with E-state index >= 15 is 0 Å². The minimum atomic E-state index is -0.426. The van der Waals surface area contributed by atoms with Crippen LogP contribution in [0, 0.1) is 13.8 Å². The average molecular weight is 268 g/mol. The van der Waals surface area contributed by atoms with Crippen molar-refractivity contribution >= 4 is 11.5 Å². The van der Waals surface area contributed by atoms with Crippen LogP contribution >= 0.6 is 0 Å². The van der Waals surface area contributed by atoms with Crippen molar-refractivity contribution in [2.24, 2.45) is 0 Å². The Kier molecular flexibility index (Phi) is 3.89. The van der Waals surface area contributed by atoms with E-state index in [4.69, 9.17) is 0 Å². The molecule has 0 bridgehead atoms. The first-order chi connectivity index (χ1) is 9.47. The van der Waals surface area contributed by atoms with Crippen LogP contribution in [0.25, 0.3) is 5.76 Å². The van der Waals surface area contributed by atoms with Gasteiger partial charge in [-0.25, -0.2) is 0 Å². The third kappa shape index (κ3) is 3.06. The molecule has 0 atom stereocenters. The van der Waals surface area contributed by atoms with E-state index in [1.807, 2.05) is 26.0 Å². The molecule has 0 saturated heterocycles.